The normalized spacial score (nSPS) is 15.8. The minimum atomic E-state index is -0.700. The lowest BCUT2D eigenvalue weighted by molar-refractivity contribution is 0.0701. The number of halogens is 1. The molecule has 7 heteroatoms. The molecule has 0 bridgehead atoms. The number of aromatic hydroxyl groups is 1. The molecule has 6 nitrogen and oxygen atoms in total. The van der Waals surface area contributed by atoms with Crippen LogP contribution in [-0.2, 0) is 6.54 Å². The Hall–Kier alpha value is -3.32. The Kier molecular flexibility index (Phi) is 4.06. The van der Waals surface area contributed by atoms with Crippen LogP contribution in [0.2, 0.25) is 0 Å². The summed E-state index contributed by atoms with van der Waals surface area (Å²) in [4.78, 5) is 28.1. The lowest BCUT2D eigenvalue weighted by Gasteiger charge is -2.24. The molecule has 2 aromatic heterocycles. The van der Waals surface area contributed by atoms with E-state index >= 15 is 0 Å². The molecule has 0 unspecified atom stereocenters. The van der Waals surface area contributed by atoms with Crippen molar-refractivity contribution in [2.24, 2.45) is 0 Å². The zero-order valence-corrected chi connectivity index (χ0v) is 16.5. The number of carbonyl (C=O) groups is 1. The number of phenolic OH excluding ortho intramolecular Hbond substituents is 1. The average molecular weight is 452 g/mol. The molecule has 1 aliphatic rings. The first-order valence-corrected chi connectivity index (χ1v) is 9.71. The van der Waals surface area contributed by atoms with E-state index in [0.29, 0.717) is 22.3 Å². The maximum Gasteiger partial charge on any atom is 0.291 e. The van der Waals surface area contributed by atoms with E-state index in [-0.39, 0.29) is 29.0 Å². The summed E-state index contributed by atoms with van der Waals surface area (Å²) in [7, 11) is 0. The average Bonchev–Trinajstić information content (AvgIpc) is 3.31. The summed E-state index contributed by atoms with van der Waals surface area (Å²) in [5.74, 6) is 0.252. The van der Waals surface area contributed by atoms with Gasteiger partial charge in [-0.2, -0.15) is 0 Å². The molecule has 1 amide bonds. The molecule has 0 radical (unpaired) electrons. The SMILES string of the molecule is O=C1c2oc3ccc(Br)cc3c(=O)c2[C@@H](c2cccc(O)c2)N1Cc1ccco1. The highest BCUT2D eigenvalue weighted by molar-refractivity contribution is 9.10. The monoisotopic (exact) mass is 451 g/mol. The van der Waals surface area contributed by atoms with Crippen LogP contribution >= 0.6 is 15.9 Å². The zero-order chi connectivity index (χ0) is 20.1. The quantitative estimate of drug-likeness (QED) is 0.491. The molecular formula is C22H14BrNO5. The van der Waals surface area contributed by atoms with Crippen LogP contribution in [0.3, 0.4) is 0 Å². The van der Waals surface area contributed by atoms with Gasteiger partial charge in [0.25, 0.3) is 5.91 Å². The van der Waals surface area contributed by atoms with E-state index < -0.39 is 11.9 Å². The van der Waals surface area contributed by atoms with E-state index in [1.807, 2.05) is 0 Å². The summed E-state index contributed by atoms with van der Waals surface area (Å²) < 4.78 is 12.0. The molecule has 0 saturated carbocycles. The van der Waals surface area contributed by atoms with Crippen LogP contribution in [0.5, 0.6) is 5.75 Å². The van der Waals surface area contributed by atoms with Gasteiger partial charge in [-0.05, 0) is 48.0 Å². The molecule has 3 heterocycles. The van der Waals surface area contributed by atoms with Crippen molar-refractivity contribution in [1.29, 1.82) is 0 Å². The molecule has 5 rings (SSSR count). The van der Waals surface area contributed by atoms with Gasteiger partial charge in [-0.25, -0.2) is 0 Å². The van der Waals surface area contributed by atoms with Crippen molar-refractivity contribution in [3.8, 4) is 5.75 Å². The molecule has 29 heavy (non-hydrogen) atoms. The highest BCUT2D eigenvalue weighted by Gasteiger charge is 2.43. The van der Waals surface area contributed by atoms with Crippen LogP contribution in [0.15, 0.2) is 79.0 Å². The van der Waals surface area contributed by atoms with Crippen LogP contribution in [-0.4, -0.2) is 15.9 Å². The van der Waals surface area contributed by atoms with E-state index in [0.717, 1.165) is 4.47 Å². The topological polar surface area (TPSA) is 83.9 Å². The first-order chi connectivity index (χ1) is 14.0. The maximum absolute atomic E-state index is 13.4. The van der Waals surface area contributed by atoms with E-state index in [1.54, 1.807) is 48.5 Å². The van der Waals surface area contributed by atoms with Crippen molar-refractivity contribution in [1.82, 2.24) is 4.90 Å². The van der Waals surface area contributed by atoms with Gasteiger partial charge < -0.3 is 18.8 Å². The molecule has 0 aliphatic carbocycles. The van der Waals surface area contributed by atoms with Gasteiger partial charge in [-0.3, -0.25) is 9.59 Å². The standard InChI is InChI=1S/C22H14BrNO5/c23-13-6-7-17-16(10-13)20(26)18-19(12-3-1-4-14(25)9-12)24(22(27)21(18)29-17)11-15-5-2-8-28-15/h1-10,19,25H,11H2/t19-/m1/s1. The van der Waals surface area contributed by atoms with E-state index in [2.05, 4.69) is 15.9 Å². The summed E-state index contributed by atoms with van der Waals surface area (Å²) in [5, 5.41) is 10.4. The highest BCUT2D eigenvalue weighted by Crippen LogP contribution is 2.40. The van der Waals surface area contributed by atoms with Crippen molar-refractivity contribution >= 4 is 32.8 Å². The second-order valence-corrected chi connectivity index (χ2v) is 7.74. The molecule has 0 saturated heterocycles. The second kappa shape index (κ2) is 6.63. The number of hydrogen-bond acceptors (Lipinski definition) is 5. The number of furan rings is 1. The van der Waals surface area contributed by atoms with Crippen molar-refractivity contribution in [3.63, 3.8) is 0 Å². The van der Waals surface area contributed by atoms with Crippen LogP contribution in [0.4, 0.5) is 0 Å². The van der Waals surface area contributed by atoms with E-state index in [4.69, 9.17) is 8.83 Å². The van der Waals surface area contributed by atoms with Crippen LogP contribution in [0.1, 0.15) is 33.5 Å². The van der Waals surface area contributed by atoms with E-state index in [1.165, 1.54) is 17.2 Å². The number of phenols is 1. The Morgan fingerprint density at radius 2 is 1.93 bits per heavy atom. The van der Waals surface area contributed by atoms with Gasteiger partial charge in [-0.1, -0.05) is 28.1 Å². The predicted molar refractivity (Wildman–Crippen MR) is 109 cm³/mol. The van der Waals surface area contributed by atoms with Crippen molar-refractivity contribution in [3.05, 3.63) is 98.2 Å². The predicted octanol–water partition coefficient (Wildman–Crippen LogP) is 4.60. The summed E-state index contributed by atoms with van der Waals surface area (Å²) in [6, 6.07) is 14.4. The number of rotatable bonds is 3. The smallest absolute Gasteiger partial charge is 0.291 e. The third-order valence-electron chi connectivity index (χ3n) is 5.02. The Labute approximate surface area is 173 Å². The van der Waals surface area contributed by atoms with Crippen LogP contribution in [0.25, 0.3) is 11.0 Å². The molecule has 1 aliphatic heterocycles. The van der Waals surface area contributed by atoms with Gasteiger partial charge in [0.1, 0.15) is 17.1 Å². The van der Waals surface area contributed by atoms with Crippen molar-refractivity contribution < 1.29 is 18.7 Å². The van der Waals surface area contributed by atoms with Crippen molar-refractivity contribution in [2.45, 2.75) is 12.6 Å². The third-order valence-corrected chi connectivity index (χ3v) is 5.51. The Morgan fingerprint density at radius 1 is 1.07 bits per heavy atom. The maximum atomic E-state index is 13.4. The number of hydrogen-bond donors (Lipinski definition) is 1. The molecule has 144 valence electrons. The molecule has 2 aromatic carbocycles. The minimum absolute atomic E-state index is 0.0183. The van der Waals surface area contributed by atoms with Gasteiger partial charge in [-0.15, -0.1) is 0 Å². The molecule has 0 spiro atoms. The number of fused-ring (bicyclic) bond motifs is 2. The fourth-order valence-corrected chi connectivity index (χ4v) is 4.13. The first-order valence-electron chi connectivity index (χ1n) is 8.91. The Bertz CT molecular complexity index is 1310. The largest absolute Gasteiger partial charge is 0.508 e. The fourth-order valence-electron chi connectivity index (χ4n) is 3.77. The highest BCUT2D eigenvalue weighted by atomic mass is 79.9. The summed E-state index contributed by atoms with van der Waals surface area (Å²) in [6.45, 7) is 0.163. The van der Waals surface area contributed by atoms with Gasteiger partial charge in [0.05, 0.1) is 29.8 Å². The van der Waals surface area contributed by atoms with Gasteiger partial charge >= 0.3 is 0 Å². The minimum Gasteiger partial charge on any atom is -0.508 e. The molecule has 0 fully saturated rings. The molecular weight excluding hydrogens is 438 g/mol. The zero-order valence-electron chi connectivity index (χ0n) is 15.0. The summed E-state index contributed by atoms with van der Waals surface area (Å²) in [6.07, 6.45) is 1.53. The third kappa shape index (κ3) is 2.86. The molecule has 1 atom stereocenters. The summed E-state index contributed by atoms with van der Waals surface area (Å²) >= 11 is 3.38. The first kappa shape index (κ1) is 17.8. The van der Waals surface area contributed by atoms with E-state index in [9.17, 15) is 14.7 Å². The fraction of sp³-hybridized carbons (Fsp3) is 0.0909. The van der Waals surface area contributed by atoms with Crippen LogP contribution in [0, 0.1) is 0 Å². The van der Waals surface area contributed by atoms with Crippen LogP contribution < -0.4 is 5.43 Å². The number of carbonyl (C=O) groups excluding carboxylic acids is 1. The van der Waals surface area contributed by atoms with Gasteiger partial charge in [0, 0.05) is 4.47 Å². The molecule has 4 aromatic rings. The van der Waals surface area contributed by atoms with Gasteiger partial charge in [0.2, 0.25) is 5.76 Å². The Balaban J connectivity index is 1.77. The van der Waals surface area contributed by atoms with Crippen molar-refractivity contribution in [2.75, 3.05) is 0 Å². The lowest BCUT2D eigenvalue weighted by Crippen LogP contribution is -2.29. The summed E-state index contributed by atoms with van der Waals surface area (Å²) in [5.41, 5.74) is 0.953. The second-order valence-electron chi connectivity index (χ2n) is 6.82. The number of amides is 1. The lowest BCUT2D eigenvalue weighted by atomic mass is 9.98. The van der Waals surface area contributed by atoms with Gasteiger partial charge in [0.15, 0.2) is 5.43 Å². The number of nitrogens with zero attached hydrogens (tertiary/aromatic N) is 1. The number of benzene rings is 2. The molecule has 1 N–H and O–H groups in total. The Morgan fingerprint density at radius 3 is 2.69 bits per heavy atom.